The van der Waals surface area contributed by atoms with Crippen LogP contribution in [0.15, 0.2) is 48.0 Å². The van der Waals surface area contributed by atoms with E-state index in [9.17, 15) is 0 Å². The van der Waals surface area contributed by atoms with Crippen molar-refractivity contribution < 1.29 is 0 Å². The van der Waals surface area contributed by atoms with Crippen LogP contribution in [0.2, 0.25) is 0 Å². The van der Waals surface area contributed by atoms with Gasteiger partial charge in [0.15, 0.2) is 0 Å². The van der Waals surface area contributed by atoms with Crippen molar-refractivity contribution >= 4 is 27.8 Å². The molecule has 0 saturated carbocycles. The van der Waals surface area contributed by atoms with Crippen molar-refractivity contribution in [2.75, 3.05) is 5.32 Å². The molecule has 0 amide bonds. The van der Waals surface area contributed by atoms with Crippen LogP contribution in [-0.2, 0) is 0 Å². The molecule has 3 rings (SSSR count). The lowest BCUT2D eigenvalue weighted by molar-refractivity contribution is 0.892. The molecule has 0 spiro atoms. The topological polar surface area (TPSA) is 24.9 Å². The normalized spacial score (nSPS) is 12.5. The van der Waals surface area contributed by atoms with Gasteiger partial charge in [-0.1, -0.05) is 36.4 Å². The summed E-state index contributed by atoms with van der Waals surface area (Å²) in [6.45, 7) is 4.25. The molecule has 0 radical (unpaired) electrons. The Hall–Kier alpha value is -1.87. The third kappa shape index (κ3) is 2.34. The molecule has 3 heteroatoms. The Labute approximate surface area is 117 Å². The standard InChI is InChI=1S/C16H16N2S/c1-11-16(19-10-17-11)12(2)18-15-9-5-7-13-6-3-4-8-14(13)15/h3-10,12,18H,1-2H3. The number of hydrogen-bond acceptors (Lipinski definition) is 3. The highest BCUT2D eigenvalue weighted by atomic mass is 32.1. The molecule has 3 aromatic rings. The average molecular weight is 268 g/mol. The number of benzene rings is 2. The quantitative estimate of drug-likeness (QED) is 0.739. The van der Waals surface area contributed by atoms with Crippen molar-refractivity contribution in [3.05, 3.63) is 58.5 Å². The molecular formula is C16H16N2S. The van der Waals surface area contributed by atoms with Crippen molar-refractivity contribution in [2.45, 2.75) is 19.9 Å². The summed E-state index contributed by atoms with van der Waals surface area (Å²) >= 11 is 1.71. The molecule has 1 atom stereocenters. The van der Waals surface area contributed by atoms with Crippen molar-refractivity contribution in [1.82, 2.24) is 4.98 Å². The van der Waals surface area contributed by atoms with E-state index < -0.39 is 0 Å². The van der Waals surface area contributed by atoms with Crippen LogP contribution in [0.4, 0.5) is 5.69 Å². The first-order valence-electron chi connectivity index (χ1n) is 6.40. The summed E-state index contributed by atoms with van der Waals surface area (Å²) in [6, 6.07) is 15.1. The van der Waals surface area contributed by atoms with Gasteiger partial charge in [-0.3, -0.25) is 0 Å². The molecule has 0 aliphatic heterocycles. The Morgan fingerprint density at radius 3 is 2.68 bits per heavy atom. The summed E-state index contributed by atoms with van der Waals surface area (Å²) in [5.41, 5.74) is 4.20. The first kappa shape index (κ1) is 12.2. The van der Waals surface area contributed by atoms with Gasteiger partial charge in [-0.15, -0.1) is 11.3 Å². The predicted octanol–water partition coefficient (Wildman–Crippen LogP) is 4.78. The van der Waals surface area contributed by atoms with E-state index in [0.717, 1.165) is 5.69 Å². The zero-order valence-corrected chi connectivity index (χ0v) is 11.9. The van der Waals surface area contributed by atoms with Gasteiger partial charge in [-0.25, -0.2) is 4.98 Å². The molecule has 0 aliphatic rings. The Morgan fingerprint density at radius 2 is 1.89 bits per heavy atom. The van der Waals surface area contributed by atoms with Crippen LogP contribution in [0, 0.1) is 6.92 Å². The van der Waals surface area contributed by atoms with E-state index in [1.54, 1.807) is 11.3 Å². The number of fused-ring (bicyclic) bond motifs is 1. The van der Waals surface area contributed by atoms with Gasteiger partial charge < -0.3 is 5.32 Å². The lowest BCUT2D eigenvalue weighted by Gasteiger charge is -2.16. The fraction of sp³-hybridized carbons (Fsp3) is 0.188. The summed E-state index contributed by atoms with van der Waals surface area (Å²) < 4.78 is 0. The lowest BCUT2D eigenvalue weighted by atomic mass is 10.1. The molecule has 1 aromatic heterocycles. The highest BCUT2D eigenvalue weighted by Crippen LogP contribution is 2.29. The highest BCUT2D eigenvalue weighted by Gasteiger charge is 2.11. The van der Waals surface area contributed by atoms with E-state index in [-0.39, 0.29) is 6.04 Å². The second-order valence-corrected chi connectivity index (χ2v) is 5.58. The summed E-state index contributed by atoms with van der Waals surface area (Å²) in [5.74, 6) is 0. The van der Waals surface area contributed by atoms with Crippen LogP contribution in [0.3, 0.4) is 0 Å². The van der Waals surface area contributed by atoms with Crippen LogP contribution in [-0.4, -0.2) is 4.98 Å². The van der Waals surface area contributed by atoms with E-state index in [1.165, 1.54) is 21.3 Å². The fourth-order valence-electron chi connectivity index (χ4n) is 2.38. The van der Waals surface area contributed by atoms with Crippen molar-refractivity contribution in [3.63, 3.8) is 0 Å². The monoisotopic (exact) mass is 268 g/mol. The van der Waals surface area contributed by atoms with Gasteiger partial charge in [0.2, 0.25) is 0 Å². The maximum atomic E-state index is 4.32. The lowest BCUT2D eigenvalue weighted by Crippen LogP contribution is -2.06. The zero-order chi connectivity index (χ0) is 13.2. The third-order valence-corrected chi connectivity index (χ3v) is 4.45. The molecule has 2 aromatic carbocycles. The van der Waals surface area contributed by atoms with E-state index in [4.69, 9.17) is 0 Å². The molecule has 19 heavy (non-hydrogen) atoms. The second kappa shape index (κ2) is 5.02. The SMILES string of the molecule is Cc1ncsc1C(C)Nc1cccc2ccccc12. The van der Waals surface area contributed by atoms with Gasteiger partial charge in [0.25, 0.3) is 0 Å². The van der Waals surface area contributed by atoms with Crippen LogP contribution < -0.4 is 5.32 Å². The fourth-order valence-corrected chi connectivity index (χ4v) is 3.19. The van der Waals surface area contributed by atoms with Crippen molar-refractivity contribution in [2.24, 2.45) is 0 Å². The smallest absolute Gasteiger partial charge is 0.0798 e. The number of nitrogens with zero attached hydrogens (tertiary/aromatic N) is 1. The Kier molecular flexibility index (Phi) is 3.22. The number of aromatic nitrogens is 1. The first-order valence-corrected chi connectivity index (χ1v) is 7.28. The maximum absolute atomic E-state index is 4.32. The molecule has 1 unspecified atom stereocenters. The van der Waals surface area contributed by atoms with Crippen molar-refractivity contribution in [3.8, 4) is 0 Å². The summed E-state index contributed by atoms with van der Waals surface area (Å²) in [7, 11) is 0. The van der Waals surface area contributed by atoms with E-state index in [1.807, 2.05) is 5.51 Å². The Bertz CT molecular complexity index is 697. The molecule has 2 nitrogen and oxygen atoms in total. The Morgan fingerprint density at radius 1 is 1.11 bits per heavy atom. The summed E-state index contributed by atoms with van der Waals surface area (Å²) in [4.78, 5) is 5.62. The van der Waals surface area contributed by atoms with Crippen LogP contribution in [0.1, 0.15) is 23.5 Å². The summed E-state index contributed by atoms with van der Waals surface area (Å²) in [6.07, 6.45) is 0. The third-order valence-electron chi connectivity index (χ3n) is 3.34. The summed E-state index contributed by atoms with van der Waals surface area (Å²) in [5, 5.41) is 6.13. The Balaban J connectivity index is 1.96. The second-order valence-electron chi connectivity index (χ2n) is 4.69. The molecule has 1 heterocycles. The number of aryl methyl sites for hydroxylation is 1. The van der Waals surface area contributed by atoms with E-state index >= 15 is 0 Å². The van der Waals surface area contributed by atoms with Gasteiger partial charge >= 0.3 is 0 Å². The van der Waals surface area contributed by atoms with Gasteiger partial charge in [0.05, 0.1) is 17.2 Å². The van der Waals surface area contributed by atoms with Gasteiger partial charge in [-0.05, 0) is 25.3 Å². The number of anilines is 1. The van der Waals surface area contributed by atoms with Crippen LogP contribution >= 0.6 is 11.3 Å². The first-order chi connectivity index (χ1) is 9.25. The molecule has 0 bridgehead atoms. The molecule has 1 N–H and O–H groups in total. The van der Waals surface area contributed by atoms with Crippen LogP contribution in [0.5, 0.6) is 0 Å². The maximum Gasteiger partial charge on any atom is 0.0798 e. The zero-order valence-electron chi connectivity index (χ0n) is 11.1. The largest absolute Gasteiger partial charge is 0.377 e. The average Bonchev–Trinajstić information content (AvgIpc) is 2.85. The minimum absolute atomic E-state index is 0.276. The van der Waals surface area contributed by atoms with E-state index in [0.29, 0.717) is 0 Å². The number of hydrogen-bond donors (Lipinski definition) is 1. The van der Waals surface area contributed by atoms with Crippen LogP contribution in [0.25, 0.3) is 10.8 Å². The number of nitrogens with one attached hydrogen (secondary N) is 1. The molecule has 0 saturated heterocycles. The van der Waals surface area contributed by atoms with Crippen molar-refractivity contribution in [1.29, 1.82) is 0 Å². The molecule has 96 valence electrons. The van der Waals surface area contributed by atoms with Gasteiger partial charge in [-0.2, -0.15) is 0 Å². The minimum Gasteiger partial charge on any atom is -0.377 e. The molecule has 0 aliphatic carbocycles. The predicted molar refractivity (Wildman–Crippen MR) is 82.8 cm³/mol. The molecule has 0 fully saturated rings. The van der Waals surface area contributed by atoms with Gasteiger partial charge in [0.1, 0.15) is 0 Å². The van der Waals surface area contributed by atoms with E-state index in [2.05, 4.69) is 66.6 Å². The number of rotatable bonds is 3. The number of thiazole rings is 1. The molecular weight excluding hydrogens is 252 g/mol. The minimum atomic E-state index is 0.276. The highest BCUT2D eigenvalue weighted by molar-refractivity contribution is 7.09. The van der Waals surface area contributed by atoms with Gasteiger partial charge in [0, 0.05) is 16.0 Å².